The molecule has 7 heteroatoms. The number of hydrogen-bond donors (Lipinski definition) is 1. The van der Waals surface area contributed by atoms with E-state index in [-0.39, 0.29) is 18.9 Å². The number of hydrogen-bond acceptors (Lipinski definition) is 4. The van der Waals surface area contributed by atoms with Crippen molar-refractivity contribution >= 4 is 22.7 Å². The fraction of sp³-hybridized carbons (Fsp3) is 0.150. The van der Waals surface area contributed by atoms with E-state index in [0.29, 0.717) is 23.3 Å². The van der Waals surface area contributed by atoms with Crippen molar-refractivity contribution in [3.8, 4) is 0 Å². The Morgan fingerprint density at radius 1 is 1.07 bits per heavy atom. The van der Waals surface area contributed by atoms with E-state index >= 15 is 0 Å². The molecule has 0 aliphatic rings. The number of rotatable bonds is 6. The van der Waals surface area contributed by atoms with Crippen molar-refractivity contribution in [1.82, 2.24) is 14.3 Å². The summed E-state index contributed by atoms with van der Waals surface area (Å²) < 4.78 is 8.48. The summed E-state index contributed by atoms with van der Waals surface area (Å²) in [4.78, 5) is 24.2. The number of aryl methyl sites for hydroxylation is 1. The van der Waals surface area contributed by atoms with Gasteiger partial charge in [-0.3, -0.25) is 14.0 Å². The number of anilines is 1. The number of amides is 1. The number of aromatic nitrogens is 3. The van der Waals surface area contributed by atoms with Crippen molar-refractivity contribution in [2.45, 2.75) is 19.5 Å². The first kappa shape index (κ1) is 16.8. The molecule has 0 bridgehead atoms. The van der Waals surface area contributed by atoms with Gasteiger partial charge in [0.2, 0.25) is 5.91 Å². The number of fused-ring (bicyclic) bond motifs is 1. The summed E-state index contributed by atoms with van der Waals surface area (Å²) in [6.45, 7) is 0.941. The summed E-state index contributed by atoms with van der Waals surface area (Å²) in [5.41, 5.74) is 3.02. The van der Waals surface area contributed by atoms with Crippen LogP contribution in [0.4, 0.5) is 5.69 Å². The molecule has 1 N–H and O–H groups in total. The number of nitrogens with zero attached hydrogens (tertiary/aromatic N) is 3. The van der Waals surface area contributed by atoms with Crippen molar-refractivity contribution < 1.29 is 9.21 Å². The molecule has 4 aromatic rings. The Balaban J connectivity index is 1.36. The zero-order chi connectivity index (χ0) is 18.6. The van der Waals surface area contributed by atoms with E-state index in [4.69, 9.17) is 4.42 Å². The molecule has 7 nitrogen and oxygen atoms in total. The molecule has 0 atom stereocenters. The Morgan fingerprint density at radius 2 is 1.89 bits per heavy atom. The van der Waals surface area contributed by atoms with Crippen LogP contribution < -0.4 is 11.1 Å². The Bertz CT molecular complexity index is 1110. The maximum atomic E-state index is 12.2. The molecule has 0 saturated carbocycles. The number of para-hydroxylation sites is 2. The van der Waals surface area contributed by atoms with Crippen molar-refractivity contribution in [1.29, 1.82) is 0 Å². The summed E-state index contributed by atoms with van der Waals surface area (Å²) in [6, 6.07) is 16.7. The molecule has 0 unspecified atom stereocenters. The number of nitrogens with one attached hydrogen (secondary N) is 1. The average molecular weight is 362 g/mol. The monoisotopic (exact) mass is 362 g/mol. The molecule has 0 saturated heterocycles. The minimum Gasteiger partial charge on any atom is -0.408 e. The van der Waals surface area contributed by atoms with Crippen LogP contribution in [0, 0.1) is 0 Å². The lowest BCUT2D eigenvalue weighted by molar-refractivity contribution is -0.116. The molecule has 2 aromatic carbocycles. The maximum Gasteiger partial charge on any atom is 0.419 e. The van der Waals surface area contributed by atoms with E-state index in [9.17, 15) is 9.59 Å². The molecule has 4 rings (SSSR count). The van der Waals surface area contributed by atoms with Gasteiger partial charge in [-0.15, -0.1) is 0 Å². The third kappa shape index (κ3) is 3.82. The molecule has 2 aromatic heterocycles. The van der Waals surface area contributed by atoms with Gasteiger partial charge >= 0.3 is 5.76 Å². The molecule has 2 heterocycles. The predicted octanol–water partition coefficient (Wildman–Crippen LogP) is 2.87. The number of benzene rings is 2. The molecule has 0 aliphatic carbocycles. The summed E-state index contributed by atoms with van der Waals surface area (Å²) in [5.74, 6) is -0.612. The van der Waals surface area contributed by atoms with Crippen molar-refractivity contribution in [2.24, 2.45) is 0 Å². The van der Waals surface area contributed by atoms with Crippen LogP contribution >= 0.6 is 0 Å². The van der Waals surface area contributed by atoms with Gasteiger partial charge in [-0.25, -0.2) is 4.79 Å². The van der Waals surface area contributed by atoms with Gasteiger partial charge in [0.1, 0.15) is 0 Å². The number of carbonyl (C=O) groups excluding carboxylic acids is 1. The Morgan fingerprint density at radius 3 is 2.67 bits per heavy atom. The van der Waals surface area contributed by atoms with Gasteiger partial charge in [0.05, 0.1) is 12.1 Å². The molecular weight excluding hydrogens is 344 g/mol. The lowest BCUT2D eigenvalue weighted by Crippen LogP contribution is -2.19. The Hall–Kier alpha value is -3.61. The number of oxazole rings is 1. The van der Waals surface area contributed by atoms with Gasteiger partial charge in [0, 0.05) is 31.0 Å². The fourth-order valence-electron chi connectivity index (χ4n) is 2.94. The quantitative estimate of drug-likeness (QED) is 0.572. The van der Waals surface area contributed by atoms with E-state index in [1.807, 2.05) is 47.3 Å². The largest absolute Gasteiger partial charge is 0.419 e. The van der Waals surface area contributed by atoms with E-state index < -0.39 is 5.76 Å². The number of carbonyl (C=O) groups is 1. The van der Waals surface area contributed by atoms with Gasteiger partial charge in [-0.2, -0.15) is 5.10 Å². The molecule has 27 heavy (non-hydrogen) atoms. The van der Waals surface area contributed by atoms with Crippen LogP contribution in [0.1, 0.15) is 12.0 Å². The van der Waals surface area contributed by atoms with Crippen molar-refractivity contribution in [2.75, 3.05) is 5.32 Å². The van der Waals surface area contributed by atoms with Gasteiger partial charge in [0.15, 0.2) is 5.58 Å². The minimum absolute atomic E-state index is 0.160. The summed E-state index contributed by atoms with van der Waals surface area (Å²) >= 11 is 0. The average Bonchev–Trinajstić information content (AvgIpc) is 3.28. The van der Waals surface area contributed by atoms with Gasteiger partial charge < -0.3 is 9.73 Å². The molecular formula is C20H18N4O3. The standard InChI is InChI=1S/C20H18N4O3/c25-19(10-13-24-17-4-1-2-5-18(17)27-20(24)26)22-16-8-6-15(7-9-16)14-23-12-3-11-21-23/h1-9,11-12H,10,13-14H2,(H,22,25). The molecule has 136 valence electrons. The lowest BCUT2D eigenvalue weighted by atomic mass is 10.2. The Labute approximate surface area is 154 Å². The molecule has 0 spiro atoms. The van der Waals surface area contributed by atoms with Gasteiger partial charge in [-0.05, 0) is 35.9 Å². The van der Waals surface area contributed by atoms with Crippen molar-refractivity contribution in [3.05, 3.63) is 83.1 Å². The van der Waals surface area contributed by atoms with Crippen LogP contribution in [-0.2, 0) is 17.9 Å². The zero-order valence-corrected chi connectivity index (χ0v) is 14.5. The highest BCUT2D eigenvalue weighted by molar-refractivity contribution is 5.90. The first-order valence-corrected chi connectivity index (χ1v) is 8.64. The fourth-order valence-corrected chi connectivity index (χ4v) is 2.94. The normalized spacial score (nSPS) is 11.0. The summed E-state index contributed by atoms with van der Waals surface area (Å²) in [7, 11) is 0. The second-order valence-corrected chi connectivity index (χ2v) is 6.19. The second-order valence-electron chi connectivity index (χ2n) is 6.19. The van der Waals surface area contributed by atoms with Crippen LogP contribution in [0.25, 0.3) is 11.1 Å². The minimum atomic E-state index is -0.452. The Kier molecular flexibility index (Phi) is 4.57. The van der Waals surface area contributed by atoms with E-state index in [1.54, 1.807) is 24.4 Å². The summed E-state index contributed by atoms with van der Waals surface area (Å²) in [5, 5.41) is 7.02. The topological polar surface area (TPSA) is 82.1 Å². The molecule has 1 amide bonds. The van der Waals surface area contributed by atoms with E-state index in [2.05, 4.69) is 10.4 Å². The van der Waals surface area contributed by atoms with Crippen LogP contribution in [0.15, 0.2) is 76.2 Å². The lowest BCUT2D eigenvalue weighted by Gasteiger charge is -2.07. The van der Waals surface area contributed by atoms with E-state index in [1.165, 1.54) is 4.57 Å². The van der Waals surface area contributed by atoms with Crippen LogP contribution in [0.5, 0.6) is 0 Å². The van der Waals surface area contributed by atoms with Crippen molar-refractivity contribution in [3.63, 3.8) is 0 Å². The molecule has 0 fully saturated rings. The highest BCUT2D eigenvalue weighted by Crippen LogP contribution is 2.13. The molecule has 0 aliphatic heterocycles. The van der Waals surface area contributed by atoms with Crippen LogP contribution in [0.3, 0.4) is 0 Å². The highest BCUT2D eigenvalue weighted by atomic mass is 16.4. The van der Waals surface area contributed by atoms with Gasteiger partial charge in [-0.1, -0.05) is 24.3 Å². The summed E-state index contributed by atoms with van der Waals surface area (Å²) in [6.07, 6.45) is 3.82. The van der Waals surface area contributed by atoms with Crippen LogP contribution in [-0.4, -0.2) is 20.3 Å². The predicted molar refractivity (Wildman–Crippen MR) is 101 cm³/mol. The third-order valence-corrected chi connectivity index (χ3v) is 4.28. The molecule has 0 radical (unpaired) electrons. The maximum absolute atomic E-state index is 12.2. The first-order chi connectivity index (χ1) is 13.2. The second kappa shape index (κ2) is 7.33. The van der Waals surface area contributed by atoms with E-state index in [0.717, 1.165) is 5.56 Å². The first-order valence-electron chi connectivity index (χ1n) is 8.64. The smallest absolute Gasteiger partial charge is 0.408 e. The van der Waals surface area contributed by atoms with Gasteiger partial charge in [0.25, 0.3) is 0 Å². The third-order valence-electron chi connectivity index (χ3n) is 4.28. The SMILES string of the molecule is O=C(CCn1c(=O)oc2ccccc21)Nc1ccc(Cn2cccn2)cc1. The van der Waals surface area contributed by atoms with Crippen LogP contribution in [0.2, 0.25) is 0 Å². The zero-order valence-electron chi connectivity index (χ0n) is 14.5. The highest BCUT2D eigenvalue weighted by Gasteiger charge is 2.10.